The molecule has 34 heavy (non-hydrogen) atoms. The lowest BCUT2D eigenvalue weighted by Gasteiger charge is -2.28. The van der Waals surface area contributed by atoms with Gasteiger partial charge in [0.1, 0.15) is 6.54 Å². The molecule has 1 aromatic heterocycles. The zero-order valence-electron chi connectivity index (χ0n) is 20.3. The molecule has 2 aromatic carbocycles. The van der Waals surface area contributed by atoms with Crippen LogP contribution in [0.25, 0.3) is 0 Å². The number of thiophene rings is 1. The molecule has 3 aromatic rings. The van der Waals surface area contributed by atoms with E-state index in [9.17, 15) is 9.59 Å². The third kappa shape index (κ3) is 7.43. The zero-order valence-corrected chi connectivity index (χ0v) is 21.2. The van der Waals surface area contributed by atoms with Crippen LogP contribution in [0.5, 0.6) is 0 Å². The van der Waals surface area contributed by atoms with Crippen molar-refractivity contribution in [2.75, 3.05) is 32.1 Å². The van der Waals surface area contributed by atoms with Crippen molar-refractivity contribution in [3.8, 4) is 0 Å². The van der Waals surface area contributed by atoms with Crippen LogP contribution in [0.2, 0.25) is 0 Å². The minimum Gasteiger partial charge on any atom is -0.383 e. The molecule has 0 spiro atoms. The molecule has 0 saturated carbocycles. The summed E-state index contributed by atoms with van der Waals surface area (Å²) in [6.45, 7) is 7.70. The lowest BCUT2D eigenvalue weighted by atomic mass is 10.1. The number of ether oxygens (including phenoxy) is 1. The maximum atomic E-state index is 13.5. The second-order valence-corrected chi connectivity index (χ2v) is 9.76. The fourth-order valence-corrected chi connectivity index (χ4v) is 4.44. The first-order chi connectivity index (χ1) is 16.4. The van der Waals surface area contributed by atoms with Gasteiger partial charge in [0.05, 0.1) is 13.2 Å². The number of urea groups is 1. The Bertz CT molecular complexity index is 1100. The summed E-state index contributed by atoms with van der Waals surface area (Å²) in [5.74, 6) is -0.110. The van der Waals surface area contributed by atoms with E-state index in [0.717, 1.165) is 21.6 Å². The van der Waals surface area contributed by atoms with E-state index >= 15 is 0 Å². The number of nitrogens with zero attached hydrogens (tertiary/aromatic N) is 2. The number of carbonyl (C=O) groups excluding carboxylic acids is 2. The molecule has 6 nitrogen and oxygen atoms in total. The van der Waals surface area contributed by atoms with Crippen molar-refractivity contribution in [1.82, 2.24) is 9.80 Å². The Kier molecular flexibility index (Phi) is 9.24. The van der Waals surface area contributed by atoms with Gasteiger partial charge >= 0.3 is 6.03 Å². The average molecular weight is 480 g/mol. The minimum atomic E-state index is -0.319. The van der Waals surface area contributed by atoms with E-state index in [1.54, 1.807) is 18.4 Å². The standard InChI is InChI=1S/C27H33N3O3S/c1-20-10-12-24(16-21(20)2)28-27(32)29(14-15-33-4)19-26(31)30(17-23-8-6-5-7-9-23)18-25-13-11-22(3)34-25/h5-13,16H,14-15,17-19H2,1-4H3,(H,28,32). The molecule has 180 valence electrons. The summed E-state index contributed by atoms with van der Waals surface area (Å²) in [7, 11) is 1.59. The van der Waals surface area contributed by atoms with E-state index in [2.05, 4.69) is 24.4 Å². The number of hydrogen-bond acceptors (Lipinski definition) is 4. The van der Waals surface area contributed by atoms with E-state index < -0.39 is 0 Å². The second-order valence-electron chi connectivity index (χ2n) is 8.39. The summed E-state index contributed by atoms with van der Waals surface area (Å²) in [6.07, 6.45) is 0. The summed E-state index contributed by atoms with van der Waals surface area (Å²) in [5, 5.41) is 2.93. The highest BCUT2D eigenvalue weighted by Gasteiger charge is 2.22. The van der Waals surface area contributed by atoms with Crippen LogP contribution in [0.15, 0.2) is 60.7 Å². The van der Waals surface area contributed by atoms with Crippen LogP contribution in [-0.4, -0.2) is 48.5 Å². The summed E-state index contributed by atoms with van der Waals surface area (Å²) < 4.78 is 5.20. The van der Waals surface area contributed by atoms with Gasteiger partial charge in [0.2, 0.25) is 5.91 Å². The van der Waals surface area contributed by atoms with Gasteiger partial charge in [0.15, 0.2) is 0 Å². The SMILES string of the molecule is COCCN(CC(=O)N(Cc1ccccc1)Cc1ccc(C)s1)C(=O)Nc1ccc(C)c(C)c1. The Labute approximate surface area is 206 Å². The number of carbonyl (C=O) groups is 2. The third-order valence-electron chi connectivity index (χ3n) is 5.65. The van der Waals surface area contributed by atoms with Crippen molar-refractivity contribution in [2.24, 2.45) is 0 Å². The smallest absolute Gasteiger partial charge is 0.322 e. The second kappa shape index (κ2) is 12.3. The molecule has 3 amide bonds. The Morgan fingerprint density at radius 3 is 2.32 bits per heavy atom. The Balaban J connectivity index is 1.75. The molecular weight excluding hydrogens is 446 g/mol. The van der Waals surface area contributed by atoms with Crippen molar-refractivity contribution in [3.05, 3.63) is 87.1 Å². The Morgan fingerprint density at radius 1 is 0.912 bits per heavy atom. The normalized spacial score (nSPS) is 10.7. The zero-order chi connectivity index (χ0) is 24.5. The molecule has 1 N–H and O–H groups in total. The first-order valence-electron chi connectivity index (χ1n) is 11.3. The molecule has 0 unspecified atom stereocenters. The molecule has 0 saturated heterocycles. The van der Waals surface area contributed by atoms with Gasteiger partial charge in [0, 0.05) is 35.6 Å². The summed E-state index contributed by atoms with van der Waals surface area (Å²) in [5.41, 5.74) is 4.01. The number of benzene rings is 2. The average Bonchev–Trinajstić information content (AvgIpc) is 3.23. The molecule has 0 aliphatic heterocycles. The fourth-order valence-electron chi connectivity index (χ4n) is 3.53. The Hall–Kier alpha value is -3.16. The molecule has 0 fully saturated rings. The van der Waals surface area contributed by atoms with Crippen LogP contribution in [0, 0.1) is 20.8 Å². The molecule has 1 heterocycles. The number of amides is 3. The van der Waals surface area contributed by atoms with Gasteiger partial charge in [-0.2, -0.15) is 0 Å². The van der Waals surface area contributed by atoms with Gasteiger partial charge in [-0.25, -0.2) is 4.79 Å². The largest absolute Gasteiger partial charge is 0.383 e. The monoisotopic (exact) mass is 479 g/mol. The first kappa shape index (κ1) is 25.5. The van der Waals surface area contributed by atoms with E-state index in [1.165, 1.54) is 9.78 Å². The molecule has 0 atom stereocenters. The van der Waals surface area contributed by atoms with Crippen LogP contribution in [0.1, 0.15) is 26.4 Å². The molecule has 0 radical (unpaired) electrons. The van der Waals surface area contributed by atoms with Gasteiger partial charge in [-0.1, -0.05) is 36.4 Å². The predicted molar refractivity (Wildman–Crippen MR) is 138 cm³/mol. The molecule has 0 aliphatic rings. The van der Waals surface area contributed by atoms with E-state index in [-0.39, 0.29) is 18.5 Å². The van der Waals surface area contributed by atoms with Crippen LogP contribution in [-0.2, 0) is 22.6 Å². The highest BCUT2D eigenvalue weighted by molar-refractivity contribution is 7.11. The molecule has 7 heteroatoms. The number of rotatable bonds is 10. The number of methoxy groups -OCH3 is 1. The van der Waals surface area contributed by atoms with E-state index in [1.807, 2.05) is 67.3 Å². The molecular formula is C27H33N3O3S. The number of nitrogens with one attached hydrogen (secondary N) is 1. The van der Waals surface area contributed by atoms with Crippen molar-refractivity contribution < 1.29 is 14.3 Å². The van der Waals surface area contributed by atoms with Crippen LogP contribution in [0.3, 0.4) is 0 Å². The lowest BCUT2D eigenvalue weighted by molar-refractivity contribution is -0.133. The van der Waals surface area contributed by atoms with Crippen LogP contribution in [0.4, 0.5) is 10.5 Å². The van der Waals surface area contributed by atoms with Crippen molar-refractivity contribution >= 4 is 29.0 Å². The first-order valence-corrected chi connectivity index (χ1v) is 12.2. The Morgan fingerprint density at radius 2 is 1.68 bits per heavy atom. The molecule has 0 bridgehead atoms. The van der Waals surface area contributed by atoms with Crippen molar-refractivity contribution in [2.45, 2.75) is 33.9 Å². The van der Waals surface area contributed by atoms with E-state index in [0.29, 0.717) is 31.9 Å². The van der Waals surface area contributed by atoms with E-state index in [4.69, 9.17) is 4.74 Å². The topological polar surface area (TPSA) is 61.9 Å². The maximum Gasteiger partial charge on any atom is 0.322 e. The lowest BCUT2D eigenvalue weighted by Crippen LogP contribution is -2.45. The van der Waals surface area contributed by atoms with Gasteiger partial charge in [-0.05, 0) is 61.7 Å². The van der Waals surface area contributed by atoms with Crippen LogP contribution < -0.4 is 5.32 Å². The van der Waals surface area contributed by atoms with Crippen molar-refractivity contribution in [1.29, 1.82) is 0 Å². The quantitative estimate of drug-likeness (QED) is 0.425. The highest BCUT2D eigenvalue weighted by Crippen LogP contribution is 2.19. The van der Waals surface area contributed by atoms with Gasteiger partial charge in [-0.3, -0.25) is 4.79 Å². The maximum absolute atomic E-state index is 13.5. The predicted octanol–water partition coefficient (Wildman–Crippen LogP) is 5.38. The third-order valence-corrected chi connectivity index (χ3v) is 6.63. The summed E-state index contributed by atoms with van der Waals surface area (Å²) >= 11 is 1.68. The van der Waals surface area contributed by atoms with Gasteiger partial charge in [-0.15, -0.1) is 11.3 Å². The fraction of sp³-hybridized carbons (Fsp3) is 0.333. The number of aryl methyl sites for hydroxylation is 3. The van der Waals surface area contributed by atoms with Crippen molar-refractivity contribution in [3.63, 3.8) is 0 Å². The number of anilines is 1. The summed E-state index contributed by atoms with van der Waals surface area (Å²) in [6, 6.07) is 19.5. The van der Waals surface area contributed by atoms with Crippen LogP contribution >= 0.6 is 11.3 Å². The van der Waals surface area contributed by atoms with Gasteiger partial charge < -0.3 is 19.9 Å². The minimum absolute atomic E-state index is 0.0305. The molecule has 3 rings (SSSR count). The van der Waals surface area contributed by atoms with Gasteiger partial charge in [0.25, 0.3) is 0 Å². The highest BCUT2D eigenvalue weighted by atomic mass is 32.1. The number of hydrogen-bond donors (Lipinski definition) is 1. The molecule has 0 aliphatic carbocycles. The summed E-state index contributed by atoms with van der Waals surface area (Å²) in [4.78, 5) is 32.2.